The predicted molar refractivity (Wildman–Crippen MR) is 183 cm³/mol. The van der Waals surface area contributed by atoms with Crippen LogP contribution >= 0.6 is 0 Å². The summed E-state index contributed by atoms with van der Waals surface area (Å²) in [4.78, 5) is 15.1. The van der Waals surface area contributed by atoms with E-state index in [0.717, 1.165) is 5.56 Å². The van der Waals surface area contributed by atoms with E-state index in [2.05, 4.69) is 49.4 Å². The molecule has 3 rings (SSSR count). The van der Waals surface area contributed by atoms with E-state index in [0.29, 0.717) is 24.3 Å². The predicted octanol–water partition coefficient (Wildman–Crippen LogP) is 6.07. The Hall–Kier alpha value is -3.33. The van der Waals surface area contributed by atoms with Crippen molar-refractivity contribution >= 4 is 24.2 Å². The molecule has 1 amide bonds. The lowest BCUT2D eigenvalue weighted by molar-refractivity contribution is 0.00295. The number of rotatable bonds is 15. The minimum absolute atomic E-state index is 0.131. The molecule has 0 spiro atoms. The van der Waals surface area contributed by atoms with Crippen molar-refractivity contribution in [3.63, 3.8) is 0 Å². The van der Waals surface area contributed by atoms with Crippen molar-refractivity contribution in [1.82, 2.24) is 25.1 Å². The van der Waals surface area contributed by atoms with Crippen molar-refractivity contribution in [3.8, 4) is 11.4 Å². The lowest BCUT2D eigenvalue weighted by atomic mass is 9.97. The zero-order valence-electron chi connectivity index (χ0n) is 29.4. The number of carbonyl (C=O) groups is 1. The molecule has 0 unspecified atom stereocenters. The first-order valence-electron chi connectivity index (χ1n) is 15.8. The lowest BCUT2D eigenvalue weighted by Gasteiger charge is -2.43. The Kier molecular flexibility index (Phi) is 12.7. The molecule has 14 heteroatoms. The zero-order valence-corrected chi connectivity index (χ0v) is 31.2. The van der Waals surface area contributed by atoms with Crippen LogP contribution in [0.1, 0.15) is 59.9 Å². The molecule has 12 nitrogen and oxygen atoms in total. The van der Waals surface area contributed by atoms with Crippen LogP contribution in [0, 0.1) is 0 Å². The van der Waals surface area contributed by atoms with E-state index in [4.69, 9.17) is 18.6 Å². The number of para-hydroxylation sites is 1. The van der Waals surface area contributed by atoms with Crippen LogP contribution in [0.15, 0.2) is 59.8 Å². The van der Waals surface area contributed by atoms with E-state index < -0.39 is 42.0 Å². The fourth-order valence-corrected chi connectivity index (χ4v) is 7.31. The average molecular weight is 690 g/mol. The summed E-state index contributed by atoms with van der Waals surface area (Å²) in [6.45, 7) is 16.3. The Morgan fingerprint density at radius 2 is 1.64 bits per heavy atom. The Labute approximate surface area is 280 Å². The number of nitrogens with zero attached hydrogens (tertiary/aromatic N) is 5. The quantitative estimate of drug-likeness (QED) is 0.137. The normalized spacial score (nSPS) is 14.0. The molecule has 0 fully saturated rings. The molecule has 47 heavy (non-hydrogen) atoms. The van der Waals surface area contributed by atoms with Crippen LogP contribution in [0.2, 0.25) is 18.1 Å². The molecule has 2 aromatic carbocycles. The molecule has 0 bridgehead atoms. The first-order valence-corrected chi connectivity index (χ1v) is 20.3. The average Bonchev–Trinajstić information content (AvgIpc) is 3.49. The van der Waals surface area contributed by atoms with Gasteiger partial charge in [0.2, 0.25) is 9.84 Å². The molecule has 0 saturated carbocycles. The van der Waals surface area contributed by atoms with Crippen molar-refractivity contribution < 1.29 is 31.8 Å². The Morgan fingerprint density at radius 1 is 1.00 bits per heavy atom. The monoisotopic (exact) mass is 689 g/mol. The van der Waals surface area contributed by atoms with E-state index >= 15 is 0 Å². The molecule has 3 aromatic rings. The van der Waals surface area contributed by atoms with Crippen LogP contribution in [0.4, 0.5) is 4.79 Å². The number of carbonyl (C=O) groups excluding carboxylic acids is 1. The third-order valence-electron chi connectivity index (χ3n) is 8.19. The number of aromatic nitrogens is 4. The SMILES string of the molecule is COCOc1ccc(C[C@@H]([C@@H](CCCS(=O)(=O)c2nnnn2-c2ccccc2)O[Si](C)(C)C(C)(C)C)N(C)C(=O)OC(C)(C)C)cc1. The van der Waals surface area contributed by atoms with Crippen LogP contribution in [0.5, 0.6) is 5.75 Å². The summed E-state index contributed by atoms with van der Waals surface area (Å²) < 4.78 is 51.8. The second-order valence-corrected chi connectivity index (χ2v) is 20.9. The third kappa shape index (κ3) is 10.8. The number of ether oxygens (including phenoxy) is 3. The van der Waals surface area contributed by atoms with E-state index in [9.17, 15) is 13.2 Å². The summed E-state index contributed by atoms with van der Waals surface area (Å²) in [7, 11) is -3.00. The number of amides is 1. The Balaban J connectivity index is 1.95. The standard InChI is InChI=1S/C33H51N5O7SSi/c1-32(2,3)44-31(39)37(7)28(23-25-18-20-27(21-19-25)43-24-42-8)29(45-47(9,10)33(4,5)6)17-14-22-46(40,41)30-34-35-36-38(30)26-15-12-11-13-16-26/h11-13,15-16,18-21,28-29H,14,17,22-24H2,1-10H3/t28-,29+/m0/s1. The first-order chi connectivity index (χ1) is 21.8. The van der Waals surface area contributed by atoms with Crippen LogP contribution in [-0.4, -0.2) is 92.4 Å². The molecule has 0 aliphatic heterocycles. The van der Waals surface area contributed by atoms with Crippen LogP contribution in [0.3, 0.4) is 0 Å². The van der Waals surface area contributed by atoms with Gasteiger partial charge in [-0.25, -0.2) is 13.2 Å². The second-order valence-electron chi connectivity index (χ2n) is 14.1. The van der Waals surface area contributed by atoms with Crippen molar-refractivity contribution in [2.75, 3.05) is 26.7 Å². The van der Waals surface area contributed by atoms with Crippen molar-refractivity contribution in [1.29, 1.82) is 0 Å². The van der Waals surface area contributed by atoms with Gasteiger partial charge in [0.1, 0.15) is 11.4 Å². The van der Waals surface area contributed by atoms with E-state index in [-0.39, 0.29) is 29.2 Å². The summed E-state index contributed by atoms with van der Waals surface area (Å²) in [5.74, 6) is 0.455. The van der Waals surface area contributed by atoms with Gasteiger partial charge in [0.15, 0.2) is 15.1 Å². The molecule has 1 aromatic heterocycles. The van der Waals surface area contributed by atoms with Crippen LogP contribution in [0.25, 0.3) is 5.69 Å². The van der Waals surface area contributed by atoms with Gasteiger partial charge in [-0.15, -0.1) is 0 Å². The van der Waals surface area contributed by atoms with Gasteiger partial charge in [-0.1, -0.05) is 56.2 Å². The second kappa shape index (κ2) is 15.7. The van der Waals surface area contributed by atoms with Gasteiger partial charge < -0.3 is 23.5 Å². The molecular formula is C33H51N5O7SSi. The molecule has 0 aliphatic rings. The van der Waals surface area contributed by atoms with Crippen LogP contribution < -0.4 is 4.74 Å². The van der Waals surface area contributed by atoms with E-state index in [1.54, 1.807) is 43.3 Å². The smallest absolute Gasteiger partial charge is 0.410 e. The summed E-state index contributed by atoms with van der Waals surface area (Å²) in [5, 5.41) is 11.1. The maximum atomic E-state index is 13.6. The van der Waals surface area contributed by atoms with Gasteiger partial charge in [0.25, 0.3) is 5.16 Å². The highest BCUT2D eigenvalue weighted by Gasteiger charge is 2.42. The topological polar surface area (TPSA) is 135 Å². The minimum atomic E-state index is -3.87. The van der Waals surface area contributed by atoms with Crippen molar-refractivity contribution in [3.05, 3.63) is 60.2 Å². The number of sulfone groups is 1. The summed E-state index contributed by atoms with van der Waals surface area (Å²) in [6.07, 6.45) is 0.0784. The van der Waals surface area contributed by atoms with Crippen molar-refractivity contribution in [2.45, 2.75) is 102 Å². The van der Waals surface area contributed by atoms with Gasteiger partial charge in [0.05, 0.1) is 23.6 Å². The molecule has 0 radical (unpaired) electrons. The van der Waals surface area contributed by atoms with Gasteiger partial charge in [-0.2, -0.15) is 4.68 Å². The number of hydrogen-bond donors (Lipinski definition) is 0. The molecule has 0 saturated heterocycles. The molecular weight excluding hydrogens is 639 g/mol. The minimum Gasteiger partial charge on any atom is -0.468 e. The maximum Gasteiger partial charge on any atom is 0.410 e. The summed E-state index contributed by atoms with van der Waals surface area (Å²) in [6, 6.07) is 16.0. The highest BCUT2D eigenvalue weighted by Crippen LogP contribution is 2.39. The Bertz CT molecular complexity index is 1540. The molecule has 260 valence electrons. The highest BCUT2D eigenvalue weighted by molar-refractivity contribution is 7.91. The Morgan fingerprint density at radius 3 is 2.21 bits per heavy atom. The number of likely N-dealkylation sites (N-methyl/N-ethyl adjacent to an activating group) is 1. The number of hydrogen-bond acceptors (Lipinski definition) is 10. The van der Waals surface area contributed by atoms with E-state index in [1.807, 2.05) is 51.1 Å². The number of tetrazole rings is 1. The summed E-state index contributed by atoms with van der Waals surface area (Å²) >= 11 is 0. The molecule has 0 N–H and O–H groups in total. The zero-order chi connectivity index (χ0) is 35.0. The highest BCUT2D eigenvalue weighted by atomic mass is 32.2. The third-order valence-corrected chi connectivity index (χ3v) is 14.3. The number of benzene rings is 2. The molecule has 0 aliphatic carbocycles. The van der Waals surface area contributed by atoms with Crippen LogP contribution in [-0.2, 0) is 30.2 Å². The van der Waals surface area contributed by atoms with Gasteiger partial charge in [0, 0.05) is 14.2 Å². The van der Waals surface area contributed by atoms with E-state index in [1.165, 1.54) is 4.68 Å². The van der Waals surface area contributed by atoms with Crippen molar-refractivity contribution in [2.24, 2.45) is 0 Å². The fourth-order valence-electron chi connectivity index (χ4n) is 4.63. The largest absolute Gasteiger partial charge is 0.468 e. The molecule has 1 heterocycles. The maximum absolute atomic E-state index is 13.6. The van der Waals surface area contributed by atoms with Gasteiger partial charge in [-0.05, 0) is 98.4 Å². The van der Waals surface area contributed by atoms with Gasteiger partial charge in [-0.3, -0.25) is 0 Å². The van der Waals surface area contributed by atoms with Gasteiger partial charge >= 0.3 is 6.09 Å². The fraction of sp³-hybridized carbons (Fsp3) is 0.576. The first kappa shape index (κ1) is 38.1. The number of methoxy groups -OCH3 is 1. The lowest BCUT2D eigenvalue weighted by Crippen LogP contribution is -2.53. The summed E-state index contributed by atoms with van der Waals surface area (Å²) in [5.41, 5.74) is 0.796. The molecule has 2 atom stereocenters.